The van der Waals surface area contributed by atoms with Gasteiger partial charge >= 0.3 is 0 Å². The molecule has 0 aliphatic carbocycles. The van der Waals surface area contributed by atoms with Gasteiger partial charge in [-0.25, -0.2) is 0 Å². The number of piperidine rings is 1. The molecule has 0 saturated carbocycles. The van der Waals surface area contributed by atoms with Gasteiger partial charge < -0.3 is 15.5 Å². The molecule has 0 bridgehead atoms. The largest absolute Gasteiger partial charge is 0.355 e. The lowest BCUT2D eigenvalue weighted by atomic mass is 9.92. The zero-order valence-corrected chi connectivity index (χ0v) is 12.5. The van der Waals surface area contributed by atoms with Gasteiger partial charge in [-0.3, -0.25) is 4.79 Å². The summed E-state index contributed by atoms with van der Waals surface area (Å²) in [6.45, 7) is 6.47. The number of nitrogens with zero attached hydrogens (tertiary/aromatic N) is 2. The summed E-state index contributed by atoms with van der Waals surface area (Å²) in [6, 6.07) is 10.1. The Morgan fingerprint density at radius 2 is 1.95 bits per heavy atom. The van der Waals surface area contributed by atoms with Crippen LogP contribution in [0, 0.1) is 5.92 Å². The third-order valence-electron chi connectivity index (χ3n) is 4.17. The number of hydrogen-bond acceptors (Lipinski definition) is 3. The number of carbonyl (C=O) groups excluding carboxylic acids is 1. The van der Waals surface area contributed by atoms with Crippen LogP contribution in [0.25, 0.3) is 0 Å². The maximum atomic E-state index is 12.6. The first-order valence-corrected chi connectivity index (χ1v) is 7.55. The van der Waals surface area contributed by atoms with E-state index >= 15 is 0 Å². The van der Waals surface area contributed by atoms with Crippen molar-refractivity contribution in [2.75, 3.05) is 24.5 Å². The zero-order chi connectivity index (χ0) is 14.5. The summed E-state index contributed by atoms with van der Waals surface area (Å²) in [5, 5.41) is 0. The summed E-state index contributed by atoms with van der Waals surface area (Å²) in [5.41, 5.74) is 7.49. The highest BCUT2D eigenvalue weighted by Gasteiger charge is 2.35. The molecule has 1 saturated heterocycles. The SMILES string of the molecule is CCN(CC)C(=O)C1CCCN(c2ccccc2)C1N. The average Bonchev–Trinajstić information content (AvgIpc) is 2.49. The second-order valence-electron chi connectivity index (χ2n) is 5.28. The number of rotatable bonds is 4. The lowest BCUT2D eigenvalue weighted by molar-refractivity contribution is -0.136. The summed E-state index contributed by atoms with van der Waals surface area (Å²) in [4.78, 5) is 16.6. The van der Waals surface area contributed by atoms with Gasteiger partial charge in [0.2, 0.25) is 5.91 Å². The first-order chi connectivity index (χ1) is 9.69. The molecular formula is C16H25N3O. The standard InChI is InChI=1S/C16H25N3O/c1-3-18(4-2)16(20)14-11-8-12-19(15(14)17)13-9-6-5-7-10-13/h5-7,9-10,14-15H,3-4,8,11-12,17H2,1-2H3. The molecular weight excluding hydrogens is 250 g/mol. The van der Waals surface area contributed by atoms with E-state index in [1.54, 1.807) is 0 Å². The summed E-state index contributed by atoms with van der Waals surface area (Å²) >= 11 is 0. The van der Waals surface area contributed by atoms with Crippen molar-refractivity contribution >= 4 is 11.6 Å². The van der Waals surface area contributed by atoms with Crippen molar-refractivity contribution in [3.8, 4) is 0 Å². The highest BCUT2D eigenvalue weighted by molar-refractivity contribution is 5.80. The molecule has 4 nitrogen and oxygen atoms in total. The number of amides is 1. The number of para-hydroxylation sites is 1. The first kappa shape index (κ1) is 14.9. The summed E-state index contributed by atoms with van der Waals surface area (Å²) < 4.78 is 0. The predicted octanol–water partition coefficient (Wildman–Crippen LogP) is 2.06. The molecule has 2 unspecified atom stereocenters. The summed E-state index contributed by atoms with van der Waals surface area (Å²) in [7, 11) is 0. The molecule has 110 valence electrons. The molecule has 1 aliphatic heterocycles. The molecule has 20 heavy (non-hydrogen) atoms. The minimum absolute atomic E-state index is 0.0937. The molecule has 2 N–H and O–H groups in total. The van der Waals surface area contributed by atoms with E-state index < -0.39 is 0 Å². The Labute approximate surface area is 121 Å². The summed E-state index contributed by atoms with van der Waals surface area (Å²) in [6.07, 6.45) is 1.68. The number of anilines is 1. The van der Waals surface area contributed by atoms with Crippen LogP contribution in [-0.2, 0) is 4.79 Å². The van der Waals surface area contributed by atoms with Crippen LogP contribution in [0.15, 0.2) is 30.3 Å². The van der Waals surface area contributed by atoms with Crippen LogP contribution in [0.5, 0.6) is 0 Å². The van der Waals surface area contributed by atoms with Crippen LogP contribution in [0.1, 0.15) is 26.7 Å². The Hall–Kier alpha value is -1.55. The first-order valence-electron chi connectivity index (χ1n) is 7.55. The molecule has 1 aromatic rings. The van der Waals surface area contributed by atoms with Crippen LogP contribution in [0.2, 0.25) is 0 Å². The minimum Gasteiger partial charge on any atom is -0.355 e. The Kier molecular flexibility index (Phi) is 5.01. The molecule has 1 aliphatic rings. The van der Waals surface area contributed by atoms with Gasteiger partial charge in [0.05, 0.1) is 12.1 Å². The van der Waals surface area contributed by atoms with E-state index in [1.165, 1.54) is 0 Å². The normalized spacial score (nSPS) is 22.6. The number of nitrogens with two attached hydrogens (primary N) is 1. The second-order valence-corrected chi connectivity index (χ2v) is 5.28. The van der Waals surface area contributed by atoms with Gasteiger partial charge in [-0.2, -0.15) is 0 Å². The third-order valence-corrected chi connectivity index (χ3v) is 4.17. The fourth-order valence-corrected chi connectivity index (χ4v) is 2.98. The van der Waals surface area contributed by atoms with Gasteiger partial charge in [0, 0.05) is 25.3 Å². The topological polar surface area (TPSA) is 49.6 Å². The van der Waals surface area contributed by atoms with Crippen molar-refractivity contribution in [2.45, 2.75) is 32.9 Å². The van der Waals surface area contributed by atoms with Crippen LogP contribution in [-0.4, -0.2) is 36.6 Å². The van der Waals surface area contributed by atoms with E-state index in [2.05, 4.69) is 17.0 Å². The molecule has 1 aromatic carbocycles. The fraction of sp³-hybridized carbons (Fsp3) is 0.562. The van der Waals surface area contributed by atoms with Gasteiger partial charge in [-0.05, 0) is 38.8 Å². The fourth-order valence-electron chi connectivity index (χ4n) is 2.98. The second kappa shape index (κ2) is 6.75. The van der Waals surface area contributed by atoms with E-state index in [9.17, 15) is 4.79 Å². The Morgan fingerprint density at radius 1 is 1.30 bits per heavy atom. The van der Waals surface area contributed by atoms with Crippen LogP contribution in [0.4, 0.5) is 5.69 Å². The van der Waals surface area contributed by atoms with E-state index in [1.807, 2.05) is 36.9 Å². The minimum atomic E-state index is -0.223. The summed E-state index contributed by atoms with van der Waals surface area (Å²) in [5.74, 6) is 0.104. The maximum Gasteiger partial charge on any atom is 0.229 e. The molecule has 4 heteroatoms. The van der Waals surface area contributed by atoms with E-state index in [0.29, 0.717) is 0 Å². The molecule has 1 heterocycles. The van der Waals surface area contributed by atoms with Gasteiger partial charge in [0.25, 0.3) is 0 Å². The number of hydrogen-bond donors (Lipinski definition) is 1. The van der Waals surface area contributed by atoms with Crippen LogP contribution in [0.3, 0.4) is 0 Å². The lowest BCUT2D eigenvalue weighted by Crippen LogP contribution is -2.56. The Balaban J connectivity index is 2.14. The Bertz CT molecular complexity index is 431. The van der Waals surface area contributed by atoms with Gasteiger partial charge in [0.1, 0.15) is 0 Å². The molecule has 2 atom stereocenters. The van der Waals surface area contributed by atoms with Crippen molar-refractivity contribution in [1.29, 1.82) is 0 Å². The third kappa shape index (κ3) is 2.96. The quantitative estimate of drug-likeness (QED) is 0.915. The number of carbonyl (C=O) groups is 1. The number of benzene rings is 1. The van der Waals surface area contributed by atoms with E-state index in [-0.39, 0.29) is 18.0 Å². The van der Waals surface area contributed by atoms with Crippen molar-refractivity contribution in [3.63, 3.8) is 0 Å². The maximum absolute atomic E-state index is 12.6. The monoisotopic (exact) mass is 275 g/mol. The van der Waals surface area contributed by atoms with E-state index in [4.69, 9.17) is 5.73 Å². The van der Waals surface area contributed by atoms with Crippen molar-refractivity contribution in [1.82, 2.24) is 4.90 Å². The molecule has 1 fully saturated rings. The average molecular weight is 275 g/mol. The highest BCUT2D eigenvalue weighted by Crippen LogP contribution is 2.27. The zero-order valence-electron chi connectivity index (χ0n) is 12.5. The molecule has 0 spiro atoms. The Morgan fingerprint density at radius 3 is 2.55 bits per heavy atom. The van der Waals surface area contributed by atoms with Gasteiger partial charge in [0.15, 0.2) is 0 Å². The van der Waals surface area contributed by atoms with Gasteiger partial charge in [-0.15, -0.1) is 0 Å². The van der Waals surface area contributed by atoms with E-state index in [0.717, 1.165) is 38.2 Å². The predicted molar refractivity (Wildman–Crippen MR) is 82.4 cm³/mol. The van der Waals surface area contributed by atoms with Gasteiger partial charge in [-0.1, -0.05) is 18.2 Å². The van der Waals surface area contributed by atoms with Crippen LogP contribution >= 0.6 is 0 Å². The smallest absolute Gasteiger partial charge is 0.229 e. The lowest BCUT2D eigenvalue weighted by Gasteiger charge is -2.41. The highest BCUT2D eigenvalue weighted by atomic mass is 16.2. The van der Waals surface area contributed by atoms with Crippen LogP contribution < -0.4 is 10.6 Å². The molecule has 1 amide bonds. The van der Waals surface area contributed by atoms with Crippen molar-refractivity contribution in [2.24, 2.45) is 11.7 Å². The molecule has 0 radical (unpaired) electrons. The van der Waals surface area contributed by atoms with Crippen molar-refractivity contribution < 1.29 is 4.79 Å². The van der Waals surface area contributed by atoms with Crippen molar-refractivity contribution in [3.05, 3.63) is 30.3 Å². The molecule has 2 rings (SSSR count). The molecule has 0 aromatic heterocycles.